The van der Waals surface area contributed by atoms with Crippen LogP contribution in [0, 0.1) is 0 Å². The van der Waals surface area contributed by atoms with Gasteiger partial charge in [-0.1, -0.05) is 44.9 Å². The topological polar surface area (TPSA) is 9.23 Å². The molecule has 2 atom stereocenters. The Kier molecular flexibility index (Phi) is 4.42. The number of unbranched alkanes of at least 4 members (excludes halogenated alkanes) is 1. The first-order chi connectivity index (χ1) is 7.24. The highest BCUT2D eigenvalue weighted by molar-refractivity contribution is 5.21. The third-order valence-electron chi connectivity index (χ3n) is 2.24. The van der Waals surface area contributed by atoms with E-state index in [0.29, 0.717) is 0 Å². The predicted octanol–water partition coefficient (Wildman–Crippen LogP) is 4.03. The van der Waals surface area contributed by atoms with Crippen molar-refractivity contribution in [3.8, 4) is 5.75 Å². The normalized spacial score (nSPS) is 15.7. The van der Waals surface area contributed by atoms with E-state index in [4.69, 9.17) is 6.11 Å². The lowest BCUT2D eigenvalue weighted by Gasteiger charge is -2.16. The summed E-state index contributed by atoms with van der Waals surface area (Å²) in [6.45, 7) is 4.05. The molecule has 0 radical (unpaired) electrons. The first-order valence-electron chi connectivity index (χ1n) is 5.95. The number of hydrogen-bond acceptors (Lipinski definition) is 1. The van der Waals surface area contributed by atoms with Crippen molar-refractivity contribution in [2.75, 3.05) is 0 Å². The third kappa shape index (κ3) is 3.82. The lowest BCUT2D eigenvalue weighted by molar-refractivity contribution is 0.183. The molecule has 0 heterocycles. The fraction of sp³-hybridized carbons (Fsp3) is 0.538. The number of benzene rings is 1. The van der Waals surface area contributed by atoms with Crippen molar-refractivity contribution in [3.63, 3.8) is 0 Å². The summed E-state index contributed by atoms with van der Waals surface area (Å²) in [6.07, 6.45) is 3.10. The molecule has 0 N–H and O–H groups in total. The zero-order valence-corrected chi connectivity index (χ0v) is 9.07. The van der Waals surface area contributed by atoms with Crippen LogP contribution in [0.2, 0.25) is 0 Å². The molecule has 1 nitrogen and oxygen atoms in total. The maximum atomic E-state index is 7.74. The Labute approximate surface area is 88.5 Å². The largest absolute Gasteiger partial charge is 0.490 e. The minimum atomic E-state index is -0.170. The maximum absolute atomic E-state index is 7.74. The smallest absolute Gasteiger partial charge is 0.119 e. The van der Waals surface area contributed by atoms with Crippen molar-refractivity contribution in [3.05, 3.63) is 30.3 Å². The molecule has 0 unspecified atom stereocenters. The molecule has 0 saturated carbocycles. The molecule has 0 bridgehead atoms. The van der Waals surface area contributed by atoms with E-state index < -0.39 is 0 Å². The van der Waals surface area contributed by atoms with Crippen LogP contribution < -0.4 is 4.74 Å². The highest BCUT2D eigenvalue weighted by Gasteiger charge is 2.06. The second kappa shape index (κ2) is 6.47. The van der Waals surface area contributed by atoms with E-state index in [2.05, 4.69) is 6.92 Å². The Hall–Kier alpha value is -0.980. The van der Waals surface area contributed by atoms with Crippen molar-refractivity contribution in [2.45, 2.75) is 45.6 Å². The molecule has 1 rings (SSSR count). The molecule has 0 saturated heterocycles. The van der Waals surface area contributed by atoms with Crippen molar-refractivity contribution >= 4 is 0 Å². The lowest BCUT2D eigenvalue weighted by atomic mass is 10.1. The molecule has 0 aliphatic heterocycles. The van der Waals surface area contributed by atoms with E-state index in [1.807, 2.05) is 37.3 Å². The van der Waals surface area contributed by atoms with Gasteiger partial charge in [-0.2, -0.15) is 0 Å². The molecule has 0 aliphatic carbocycles. The van der Waals surface area contributed by atoms with Gasteiger partial charge in [0.05, 0.1) is 6.10 Å². The van der Waals surface area contributed by atoms with Gasteiger partial charge < -0.3 is 4.74 Å². The summed E-state index contributed by atoms with van der Waals surface area (Å²) in [5.74, 6) is 0.873. The molecule has 0 aliphatic rings. The van der Waals surface area contributed by atoms with Gasteiger partial charge >= 0.3 is 0 Å². The summed E-state index contributed by atoms with van der Waals surface area (Å²) < 4.78 is 13.5. The van der Waals surface area contributed by atoms with Gasteiger partial charge in [0.1, 0.15) is 5.75 Å². The Balaban J connectivity index is 2.51. The Morgan fingerprint density at radius 2 is 2.00 bits per heavy atom. The Morgan fingerprint density at radius 3 is 2.57 bits per heavy atom. The highest BCUT2D eigenvalue weighted by Crippen LogP contribution is 2.15. The molecule has 1 aromatic carbocycles. The summed E-state index contributed by atoms with van der Waals surface area (Å²) in [7, 11) is 0. The average Bonchev–Trinajstić information content (AvgIpc) is 2.25. The number of ether oxygens (including phenoxy) is 1. The van der Waals surface area contributed by atoms with Gasteiger partial charge in [0.15, 0.2) is 0 Å². The minimum Gasteiger partial charge on any atom is -0.490 e. The molecule has 0 spiro atoms. The summed E-state index contributed by atoms with van der Waals surface area (Å²) in [5.41, 5.74) is 0. The van der Waals surface area contributed by atoms with E-state index in [-0.39, 0.29) is 12.5 Å². The number of para-hydroxylation sites is 1. The quantitative estimate of drug-likeness (QED) is 0.662. The molecule has 14 heavy (non-hydrogen) atoms. The monoisotopic (exact) mass is 193 g/mol. The predicted molar refractivity (Wildman–Crippen MR) is 60.7 cm³/mol. The third-order valence-corrected chi connectivity index (χ3v) is 2.24. The van der Waals surface area contributed by atoms with Gasteiger partial charge in [-0.05, 0) is 25.0 Å². The van der Waals surface area contributed by atoms with Crippen molar-refractivity contribution in [1.29, 1.82) is 0 Å². The van der Waals surface area contributed by atoms with Crippen LogP contribution in [0.15, 0.2) is 30.3 Å². The lowest BCUT2D eigenvalue weighted by Crippen LogP contribution is -2.14. The second-order valence-electron chi connectivity index (χ2n) is 3.44. The number of hydrogen-bond donors (Lipinski definition) is 0. The Morgan fingerprint density at radius 1 is 1.29 bits per heavy atom. The van der Waals surface area contributed by atoms with E-state index in [0.717, 1.165) is 25.0 Å². The van der Waals surface area contributed by atoms with Crippen molar-refractivity contribution < 1.29 is 6.11 Å². The van der Waals surface area contributed by atoms with Crippen LogP contribution in [0.1, 0.15) is 40.9 Å². The van der Waals surface area contributed by atoms with Crippen LogP contribution in [0.4, 0.5) is 0 Å². The summed E-state index contributed by atoms with van der Waals surface area (Å²) in [4.78, 5) is 0. The van der Waals surface area contributed by atoms with E-state index >= 15 is 0 Å². The SMILES string of the molecule is [2H][C@H](C)[C@H](CCCC)Oc1ccccc1. The zero-order valence-electron chi connectivity index (χ0n) is 10.1. The van der Waals surface area contributed by atoms with Crippen LogP contribution in [0.5, 0.6) is 5.75 Å². The second-order valence-corrected chi connectivity index (χ2v) is 3.44. The molecular weight excluding hydrogens is 172 g/mol. The molecular formula is C13H20O. The standard InChI is InChI=1S/C13H20O/c1-3-5-9-12(4-2)14-13-10-7-6-8-11-13/h6-8,10-12H,3-5,9H2,1-2H3/t12-/m1/s1/i4D/t4-,12-. The minimum absolute atomic E-state index is 0.0207. The van der Waals surface area contributed by atoms with E-state index in [1.54, 1.807) is 0 Å². The summed E-state index contributed by atoms with van der Waals surface area (Å²) >= 11 is 0. The van der Waals surface area contributed by atoms with Gasteiger partial charge in [-0.15, -0.1) is 0 Å². The van der Waals surface area contributed by atoms with Gasteiger partial charge in [0.2, 0.25) is 0 Å². The fourth-order valence-corrected chi connectivity index (χ4v) is 1.37. The van der Waals surface area contributed by atoms with Crippen LogP contribution in [0.25, 0.3) is 0 Å². The molecule has 78 valence electrons. The van der Waals surface area contributed by atoms with Crippen LogP contribution >= 0.6 is 0 Å². The zero-order chi connectivity index (χ0) is 11.1. The first-order valence-corrected chi connectivity index (χ1v) is 5.38. The van der Waals surface area contributed by atoms with Crippen molar-refractivity contribution in [1.82, 2.24) is 0 Å². The molecule has 0 fully saturated rings. The first kappa shape index (κ1) is 9.57. The van der Waals surface area contributed by atoms with Crippen LogP contribution in [0.3, 0.4) is 0 Å². The Bertz CT molecular complexity index is 258. The van der Waals surface area contributed by atoms with Gasteiger partial charge in [0.25, 0.3) is 0 Å². The van der Waals surface area contributed by atoms with Gasteiger partial charge in [0, 0.05) is 1.37 Å². The maximum Gasteiger partial charge on any atom is 0.119 e. The van der Waals surface area contributed by atoms with E-state index in [9.17, 15) is 0 Å². The summed E-state index contributed by atoms with van der Waals surface area (Å²) in [6, 6.07) is 9.78. The fourth-order valence-electron chi connectivity index (χ4n) is 1.37. The van der Waals surface area contributed by atoms with Gasteiger partial charge in [-0.3, -0.25) is 0 Å². The van der Waals surface area contributed by atoms with Crippen LogP contribution in [-0.2, 0) is 0 Å². The summed E-state index contributed by atoms with van der Waals surface area (Å²) in [5, 5.41) is 0. The molecule has 0 aromatic heterocycles. The molecule has 1 aromatic rings. The van der Waals surface area contributed by atoms with Crippen LogP contribution in [-0.4, -0.2) is 6.10 Å². The van der Waals surface area contributed by atoms with Gasteiger partial charge in [-0.25, -0.2) is 0 Å². The molecule has 0 amide bonds. The molecule has 1 heteroatoms. The number of rotatable bonds is 6. The average molecular weight is 193 g/mol. The van der Waals surface area contributed by atoms with E-state index in [1.165, 1.54) is 0 Å². The highest BCUT2D eigenvalue weighted by atomic mass is 16.5. The van der Waals surface area contributed by atoms with Crippen molar-refractivity contribution in [2.24, 2.45) is 0 Å².